The van der Waals surface area contributed by atoms with Gasteiger partial charge in [0, 0.05) is 18.4 Å². The first-order valence-corrected chi connectivity index (χ1v) is 6.24. The predicted molar refractivity (Wildman–Crippen MR) is 59.2 cm³/mol. The number of aliphatic hydroxyl groups is 1. The van der Waals surface area contributed by atoms with Crippen molar-refractivity contribution in [1.82, 2.24) is 5.32 Å². The van der Waals surface area contributed by atoms with Crippen LogP contribution in [0, 0.1) is 5.41 Å². The van der Waals surface area contributed by atoms with Gasteiger partial charge in [-0.05, 0) is 30.6 Å². The molecule has 1 unspecified atom stereocenters. The monoisotopic (exact) mass is 203 g/mol. The van der Waals surface area contributed by atoms with E-state index in [1.54, 1.807) is 0 Å². The topological polar surface area (TPSA) is 32.3 Å². The van der Waals surface area contributed by atoms with Crippen LogP contribution in [0.2, 0.25) is 0 Å². The number of hydrogen-bond acceptors (Lipinski definition) is 3. The van der Waals surface area contributed by atoms with Crippen LogP contribution in [0.25, 0.3) is 0 Å². The van der Waals surface area contributed by atoms with E-state index in [9.17, 15) is 0 Å². The second-order valence-corrected chi connectivity index (χ2v) is 5.55. The second kappa shape index (κ2) is 5.23. The highest BCUT2D eigenvalue weighted by Crippen LogP contribution is 2.33. The molecule has 0 bridgehead atoms. The van der Waals surface area contributed by atoms with Crippen molar-refractivity contribution >= 4 is 11.8 Å². The van der Waals surface area contributed by atoms with E-state index in [1.165, 1.54) is 17.9 Å². The van der Waals surface area contributed by atoms with E-state index in [4.69, 9.17) is 5.11 Å². The zero-order chi connectivity index (χ0) is 9.73. The molecule has 0 spiro atoms. The number of thioether (sulfide) groups is 1. The van der Waals surface area contributed by atoms with Crippen LogP contribution >= 0.6 is 11.8 Å². The molecule has 0 aromatic heterocycles. The fourth-order valence-electron chi connectivity index (χ4n) is 1.63. The summed E-state index contributed by atoms with van der Waals surface area (Å²) in [5, 5.41) is 12.2. The van der Waals surface area contributed by atoms with Crippen LogP contribution in [0.3, 0.4) is 0 Å². The lowest BCUT2D eigenvalue weighted by atomic mass is 9.82. The summed E-state index contributed by atoms with van der Waals surface area (Å²) in [5.41, 5.74) is 0.431. The maximum absolute atomic E-state index is 8.68. The van der Waals surface area contributed by atoms with Crippen molar-refractivity contribution in [3.05, 3.63) is 0 Å². The average molecular weight is 203 g/mol. The minimum Gasteiger partial charge on any atom is -0.396 e. The van der Waals surface area contributed by atoms with Gasteiger partial charge in [0.05, 0.1) is 0 Å². The molecule has 1 rings (SSSR count). The Morgan fingerprint density at radius 3 is 2.92 bits per heavy atom. The van der Waals surface area contributed by atoms with Gasteiger partial charge in [0.1, 0.15) is 0 Å². The molecule has 1 saturated heterocycles. The van der Waals surface area contributed by atoms with Gasteiger partial charge in [0.2, 0.25) is 0 Å². The highest BCUT2D eigenvalue weighted by Gasteiger charge is 2.31. The summed E-state index contributed by atoms with van der Waals surface area (Å²) in [4.78, 5) is 0. The zero-order valence-corrected chi connectivity index (χ0v) is 9.49. The molecule has 1 fully saturated rings. The highest BCUT2D eigenvalue weighted by atomic mass is 32.2. The molecular formula is C10H21NOS. The lowest BCUT2D eigenvalue weighted by Crippen LogP contribution is -2.47. The fraction of sp³-hybridized carbons (Fsp3) is 1.00. The van der Waals surface area contributed by atoms with E-state index in [0.29, 0.717) is 18.1 Å². The van der Waals surface area contributed by atoms with Gasteiger partial charge in [-0.15, -0.1) is 0 Å². The molecule has 2 N–H and O–H groups in total. The van der Waals surface area contributed by atoms with Crippen molar-refractivity contribution < 1.29 is 5.11 Å². The van der Waals surface area contributed by atoms with Gasteiger partial charge >= 0.3 is 0 Å². The molecule has 1 heterocycles. The Bertz CT molecular complexity index is 150. The van der Waals surface area contributed by atoms with E-state index in [-0.39, 0.29) is 0 Å². The first-order valence-electron chi connectivity index (χ1n) is 5.09. The Balaban J connectivity index is 2.29. The zero-order valence-electron chi connectivity index (χ0n) is 8.68. The van der Waals surface area contributed by atoms with Crippen molar-refractivity contribution in [2.75, 3.05) is 24.7 Å². The third-order valence-corrected chi connectivity index (χ3v) is 3.91. The van der Waals surface area contributed by atoms with Crippen molar-refractivity contribution in [2.24, 2.45) is 5.41 Å². The minimum atomic E-state index is 0.299. The summed E-state index contributed by atoms with van der Waals surface area (Å²) >= 11 is 2.04. The Hall–Kier alpha value is 0.270. The first-order chi connectivity index (χ1) is 6.17. The summed E-state index contributed by atoms with van der Waals surface area (Å²) in [7, 11) is 0. The molecule has 2 nitrogen and oxygen atoms in total. The molecule has 0 saturated carbocycles. The molecular weight excluding hydrogens is 182 g/mol. The standard InChI is InChI=1S/C10H21NOS/c1-10(2)4-7-13-8-9(10)11-5-3-6-12/h9,11-12H,3-8H2,1-2H3. The van der Waals surface area contributed by atoms with Crippen molar-refractivity contribution in [3.63, 3.8) is 0 Å². The predicted octanol–water partition coefficient (Wildman–Crippen LogP) is 1.49. The highest BCUT2D eigenvalue weighted by molar-refractivity contribution is 7.99. The summed E-state index contributed by atoms with van der Waals surface area (Å²) in [6, 6.07) is 0.623. The maximum atomic E-state index is 8.68. The van der Waals surface area contributed by atoms with Crippen LogP contribution in [0.5, 0.6) is 0 Å². The van der Waals surface area contributed by atoms with Crippen molar-refractivity contribution in [1.29, 1.82) is 0 Å². The third kappa shape index (κ3) is 3.49. The summed E-state index contributed by atoms with van der Waals surface area (Å²) in [6.07, 6.45) is 2.17. The van der Waals surface area contributed by atoms with Gasteiger partial charge in [0.15, 0.2) is 0 Å². The molecule has 1 atom stereocenters. The summed E-state index contributed by atoms with van der Waals surface area (Å²) < 4.78 is 0. The second-order valence-electron chi connectivity index (χ2n) is 4.40. The maximum Gasteiger partial charge on any atom is 0.0443 e. The van der Waals surface area contributed by atoms with Gasteiger partial charge in [-0.25, -0.2) is 0 Å². The molecule has 0 amide bonds. The molecule has 0 aliphatic carbocycles. The quantitative estimate of drug-likeness (QED) is 0.679. The molecule has 0 aromatic carbocycles. The molecule has 1 aliphatic rings. The third-order valence-electron chi connectivity index (χ3n) is 2.84. The molecule has 13 heavy (non-hydrogen) atoms. The van der Waals surface area contributed by atoms with Crippen LogP contribution in [0.1, 0.15) is 26.7 Å². The summed E-state index contributed by atoms with van der Waals surface area (Å²) in [6.45, 7) is 5.92. The number of rotatable bonds is 4. The Morgan fingerprint density at radius 1 is 1.54 bits per heavy atom. The molecule has 0 radical (unpaired) electrons. The number of nitrogens with one attached hydrogen (secondary N) is 1. The van der Waals surface area contributed by atoms with E-state index >= 15 is 0 Å². The Morgan fingerprint density at radius 2 is 2.31 bits per heavy atom. The van der Waals surface area contributed by atoms with Crippen LogP contribution in [-0.2, 0) is 0 Å². The fourth-order valence-corrected chi connectivity index (χ4v) is 3.27. The summed E-state index contributed by atoms with van der Waals surface area (Å²) in [5.74, 6) is 2.52. The van der Waals surface area contributed by atoms with E-state index in [0.717, 1.165) is 13.0 Å². The van der Waals surface area contributed by atoms with Crippen LogP contribution < -0.4 is 5.32 Å². The SMILES string of the molecule is CC1(C)CCSCC1NCCCO. The lowest BCUT2D eigenvalue weighted by molar-refractivity contribution is 0.233. The van der Waals surface area contributed by atoms with E-state index in [2.05, 4.69) is 19.2 Å². The number of hydrogen-bond donors (Lipinski definition) is 2. The molecule has 78 valence electrons. The van der Waals surface area contributed by atoms with Gasteiger partial charge in [0.25, 0.3) is 0 Å². The van der Waals surface area contributed by atoms with E-state index < -0.39 is 0 Å². The van der Waals surface area contributed by atoms with Gasteiger partial charge in [-0.3, -0.25) is 0 Å². The van der Waals surface area contributed by atoms with Gasteiger partial charge in [-0.2, -0.15) is 11.8 Å². The van der Waals surface area contributed by atoms with Crippen LogP contribution in [0.15, 0.2) is 0 Å². The lowest BCUT2D eigenvalue weighted by Gasteiger charge is -2.38. The Labute approximate surface area is 85.5 Å². The van der Waals surface area contributed by atoms with Crippen molar-refractivity contribution in [2.45, 2.75) is 32.7 Å². The smallest absolute Gasteiger partial charge is 0.0443 e. The molecule has 3 heteroatoms. The van der Waals surface area contributed by atoms with Crippen LogP contribution in [-0.4, -0.2) is 35.8 Å². The normalized spacial score (nSPS) is 27.5. The van der Waals surface area contributed by atoms with Crippen LogP contribution in [0.4, 0.5) is 0 Å². The van der Waals surface area contributed by atoms with Crippen molar-refractivity contribution in [3.8, 4) is 0 Å². The van der Waals surface area contributed by atoms with Gasteiger partial charge in [-0.1, -0.05) is 13.8 Å². The first kappa shape index (κ1) is 11.3. The largest absolute Gasteiger partial charge is 0.396 e. The molecule has 0 aromatic rings. The average Bonchev–Trinajstić information content (AvgIpc) is 2.08. The minimum absolute atomic E-state index is 0.299. The van der Waals surface area contributed by atoms with Gasteiger partial charge < -0.3 is 10.4 Å². The molecule has 1 aliphatic heterocycles. The number of aliphatic hydroxyl groups excluding tert-OH is 1. The Kier molecular flexibility index (Phi) is 4.56. The van der Waals surface area contributed by atoms with E-state index in [1.807, 2.05) is 11.8 Å².